The predicted molar refractivity (Wildman–Crippen MR) is 137 cm³/mol. The second-order valence-corrected chi connectivity index (χ2v) is 9.54. The summed E-state index contributed by atoms with van der Waals surface area (Å²) in [5.41, 5.74) is 1.64. The first-order chi connectivity index (χ1) is 15.9. The number of hydrogen-bond donors (Lipinski definition) is 2. The van der Waals surface area contributed by atoms with Crippen LogP contribution in [0.4, 0.5) is 16.2 Å². The van der Waals surface area contributed by atoms with Gasteiger partial charge in [0.25, 0.3) is 0 Å². The highest BCUT2D eigenvalue weighted by molar-refractivity contribution is 6.36. The van der Waals surface area contributed by atoms with Gasteiger partial charge in [0.15, 0.2) is 0 Å². The van der Waals surface area contributed by atoms with E-state index in [4.69, 9.17) is 39.5 Å². The van der Waals surface area contributed by atoms with Gasteiger partial charge in [-0.2, -0.15) is 0 Å². The van der Waals surface area contributed by atoms with Gasteiger partial charge < -0.3 is 20.3 Å². The first kappa shape index (κ1) is 23.8. The normalized spacial score (nSPS) is 22.5. The highest BCUT2D eigenvalue weighted by atomic mass is 35.5. The van der Waals surface area contributed by atoms with Crippen LogP contribution in [0.3, 0.4) is 0 Å². The van der Waals surface area contributed by atoms with Crippen molar-refractivity contribution < 1.29 is 9.53 Å². The Morgan fingerprint density at radius 3 is 2.73 bits per heavy atom. The summed E-state index contributed by atoms with van der Waals surface area (Å²) in [6, 6.07) is 12.8. The minimum atomic E-state index is -0.230. The number of halogens is 3. The van der Waals surface area contributed by atoms with E-state index in [1.54, 1.807) is 19.2 Å². The molecule has 0 radical (unpaired) electrons. The highest BCUT2D eigenvalue weighted by Crippen LogP contribution is 2.37. The SMILES string of the molecule is COc1cccc(NC(=O)NC2CCN(c3ccc(Cl)cc3Cl)C(C3C=CC(Cl)=CC3)C2)c1. The van der Waals surface area contributed by atoms with Crippen LogP contribution >= 0.6 is 34.8 Å². The summed E-state index contributed by atoms with van der Waals surface area (Å²) in [4.78, 5) is 15.0. The van der Waals surface area contributed by atoms with Crippen LogP contribution in [0.2, 0.25) is 10.0 Å². The zero-order chi connectivity index (χ0) is 23.4. The number of methoxy groups -OCH3 is 1. The molecule has 0 spiro atoms. The highest BCUT2D eigenvalue weighted by Gasteiger charge is 2.35. The van der Waals surface area contributed by atoms with Gasteiger partial charge in [-0.05, 0) is 55.7 Å². The number of carbonyl (C=O) groups excluding carboxylic acids is 1. The molecule has 0 saturated carbocycles. The Balaban J connectivity index is 1.48. The molecule has 33 heavy (non-hydrogen) atoms. The summed E-state index contributed by atoms with van der Waals surface area (Å²) in [6.07, 6.45) is 8.57. The van der Waals surface area contributed by atoms with Crippen molar-refractivity contribution in [2.24, 2.45) is 5.92 Å². The Morgan fingerprint density at radius 2 is 2.00 bits per heavy atom. The smallest absolute Gasteiger partial charge is 0.319 e. The average molecular weight is 507 g/mol. The topological polar surface area (TPSA) is 53.6 Å². The molecule has 174 valence electrons. The van der Waals surface area contributed by atoms with Gasteiger partial charge in [0.2, 0.25) is 0 Å². The van der Waals surface area contributed by atoms with Crippen molar-refractivity contribution in [2.45, 2.75) is 31.3 Å². The maximum Gasteiger partial charge on any atom is 0.319 e. The minimum Gasteiger partial charge on any atom is -0.497 e. The number of ether oxygens (including phenoxy) is 1. The number of carbonyl (C=O) groups is 1. The molecule has 2 amide bonds. The second-order valence-electron chi connectivity index (χ2n) is 8.26. The summed E-state index contributed by atoms with van der Waals surface area (Å²) in [7, 11) is 1.60. The van der Waals surface area contributed by atoms with Gasteiger partial charge in [-0.15, -0.1) is 0 Å². The Hall–Kier alpha value is -2.34. The van der Waals surface area contributed by atoms with Gasteiger partial charge in [-0.25, -0.2) is 4.79 Å². The van der Waals surface area contributed by atoms with Crippen molar-refractivity contribution in [3.05, 3.63) is 75.8 Å². The van der Waals surface area contributed by atoms with Crippen LogP contribution in [-0.2, 0) is 0 Å². The zero-order valence-electron chi connectivity index (χ0n) is 18.2. The summed E-state index contributed by atoms with van der Waals surface area (Å²) >= 11 is 18.8. The predicted octanol–water partition coefficient (Wildman–Crippen LogP) is 6.86. The van der Waals surface area contributed by atoms with E-state index in [0.29, 0.717) is 21.5 Å². The number of nitrogens with zero attached hydrogens (tertiary/aromatic N) is 1. The number of hydrogen-bond acceptors (Lipinski definition) is 3. The van der Waals surface area contributed by atoms with Crippen molar-refractivity contribution in [1.29, 1.82) is 0 Å². The van der Waals surface area contributed by atoms with Gasteiger partial charge in [-0.3, -0.25) is 0 Å². The van der Waals surface area contributed by atoms with Crippen LogP contribution < -0.4 is 20.3 Å². The third kappa shape index (κ3) is 5.97. The van der Waals surface area contributed by atoms with E-state index < -0.39 is 0 Å². The molecule has 2 aromatic rings. The number of urea groups is 1. The molecule has 3 atom stereocenters. The molecule has 1 aliphatic heterocycles. The molecule has 5 nitrogen and oxygen atoms in total. The van der Waals surface area contributed by atoms with Crippen LogP contribution in [-0.4, -0.2) is 31.8 Å². The third-order valence-corrected chi connectivity index (χ3v) is 6.93. The quantitative estimate of drug-likeness (QED) is 0.466. The number of piperidine rings is 1. The lowest BCUT2D eigenvalue weighted by molar-refractivity contribution is 0.241. The van der Waals surface area contributed by atoms with E-state index in [1.807, 2.05) is 42.5 Å². The van der Waals surface area contributed by atoms with Crippen LogP contribution in [0, 0.1) is 5.92 Å². The summed E-state index contributed by atoms with van der Waals surface area (Å²) in [5, 5.41) is 8.04. The van der Waals surface area contributed by atoms with Crippen molar-refractivity contribution in [1.82, 2.24) is 5.32 Å². The van der Waals surface area contributed by atoms with Gasteiger partial charge in [0.1, 0.15) is 5.75 Å². The van der Waals surface area contributed by atoms with Gasteiger partial charge in [0, 0.05) is 46.4 Å². The van der Waals surface area contributed by atoms with Gasteiger partial charge >= 0.3 is 6.03 Å². The molecule has 1 aliphatic carbocycles. The number of amides is 2. The number of rotatable bonds is 5. The zero-order valence-corrected chi connectivity index (χ0v) is 20.5. The van der Waals surface area contributed by atoms with Gasteiger partial charge in [-0.1, -0.05) is 53.0 Å². The largest absolute Gasteiger partial charge is 0.497 e. The summed E-state index contributed by atoms with van der Waals surface area (Å²) in [6.45, 7) is 0.762. The Bertz CT molecular complexity index is 1070. The molecule has 1 saturated heterocycles. The molecule has 2 aliphatic rings. The van der Waals surface area contributed by atoms with Crippen LogP contribution in [0.5, 0.6) is 5.75 Å². The molecule has 0 aromatic heterocycles. The molecule has 2 N–H and O–H groups in total. The fraction of sp³-hybridized carbons (Fsp3) is 0.320. The number of benzene rings is 2. The van der Waals surface area contributed by atoms with Crippen molar-refractivity contribution in [2.75, 3.05) is 23.9 Å². The van der Waals surface area contributed by atoms with Crippen LogP contribution in [0.15, 0.2) is 65.7 Å². The fourth-order valence-corrected chi connectivity index (χ4v) is 5.18. The molecule has 3 unspecified atom stereocenters. The van der Waals surface area contributed by atoms with E-state index in [-0.39, 0.29) is 24.0 Å². The van der Waals surface area contributed by atoms with E-state index in [0.717, 1.165) is 36.5 Å². The van der Waals surface area contributed by atoms with E-state index >= 15 is 0 Å². The summed E-state index contributed by atoms with van der Waals surface area (Å²) in [5.74, 6) is 0.946. The molecular weight excluding hydrogens is 481 g/mol. The molecule has 1 fully saturated rings. The Kier molecular flexibility index (Phi) is 7.74. The summed E-state index contributed by atoms with van der Waals surface area (Å²) < 4.78 is 5.23. The monoisotopic (exact) mass is 505 g/mol. The van der Waals surface area contributed by atoms with Crippen molar-refractivity contribution >= 4 is 52.2 Å². The Morgan fingerprint density at radius 1 is 1.15 bits per heavy atom. The lowest BCUT2D eigenvalue weighted by atomic mass is 9.83. The lowest BCUT2D eigenvalue weighted by Gasteiger charge is -2.44. The first-order valence-electron chi connectivity index (χ1n) is 10.9. The standard InChI is InChI=1S/C25H26Cl3N3O2/c1-33-21-4-2-3-19(14-21)29-25(32)30-20-11-12-31(23-10-9-18(27)13-22(23)28)24(15-20)16-5-7-17(26)8-6-16/h2-5,7-10,13-14,16,20,24H,6,11-12,15H2,1H3,(H2,29,30,32). The molecule has 1 heterocycles. The Labute approximate surface area is 209 Å². The van der Waals surface area contributed by atoms with E-state index in [1.165, 1.54) is 0 Å². The molecule has 8 heteroatoms. The van der Waals surface area contributed by atoms with Crippen molar-refractivity contribution in [3.8, 4) is 5.75 Å². The molecule has 4 rings (SSSR count). The number of allylic oxidation sites excluding steroid dienone is 3. The second kappa shape index (κ2) is 10.7. The lowest BCUT2D eigenvalue weighted by Crippen LogP contribution is -2.53. The third-order valence-electron chi connectivity index (χ3n) is 6.11. The average Bonchev–Trinajstić information content (AvgIpc) is 2.80. The van der Waals surface area contributed by atoms with E-state index in [2.05, 4.69) is 21.6 Å². The number of anilines is 2. The van der Waals surface area contributed by atoms with Crippen molar-refractivity contribution in [3.63, 3.8) is 0 Å². The molecule has 0 bridgehead atoms. The van der Waals surface area contributed by atoms with E-state index in [9.17, 15) is 4.79 Å². The first-order valence-corrected chi connectivity index (χ1v) is 12.0. The fourth-order valence-electron chi connectivity index (χ4n) is 4.50. The van der Waals surface area contributed by atoms with Gasteiger partial charge in [0.05, 0.1) is 17.8 Å². The maximum absolute atomic E-state index is 12.7. The van der Waals surface area contributed by atoms with Crippen LogP contribution in [0.25, 0.3) is 0 Å². The minimum absolute atomic E-state index is 0.0257. The van der Waals surface area contributed by atoms with Crippen LogP contribution in [0.1, 0.15) is 19.3 Å². The number of nitrogens with one attached hydrogen (secondary N) is 2. The molecular formula is C25H26Cl3N3O2. The molecule has 2 aromatic carbocycles. The maximum atomic E-state index is 12.7.